The standard InChI is InChI=1S/C21H25F3N4O/c22-21(23,24)16-4-7-18(26-13-16)27-10-1-8-20(14-27)9-11-28(19(20)29)17-5-2-15(12-25)3-6-17/h4,7,13,15,17H,1-3,5-6,8-11,14H2. The van der Waals surface area contributed by atoms with E-state index in [0.717, 1.165) is 63.8 Å². The fourth-order valence-electron chi connectivity index (χ4n) is 5.16. The van der Waals surface area contributed by atoms with Crippen molar-refractivity contribution in [2.45, 2.75) is 57.2 Å². The summed E-state index contributed by atoms with van der Waals surface area (Å²) in [7, 11) is 0. The molecule has 0 bridgehead atoms. The molecular weight excluding hydrogens is 381 g/mol. The molecule has 1 amide bonds. The highest BCUT2D eigenvalue weighted by atomic mass is 19.4. The van der Waals surface area contributed by atoms with Gasteiger partial charge in [0.15, 0.2) is 0 Å². The molecule has 1 aromatic rings. The molecule has 2 saturated heterocycles. The molecule has 1 aliphatic carbocycles. The Kier molecular flexibility index (Phi) is 5.18. The normalized spacial score (nSPS) is 30.6. The van der Waals surface area contributed by atoms with E-state index >= 15 is 0 Å². The maximum Gasteiger partial charge on any atom is 0.417 e. The van der Waals surface area contributed by atoms with Crippen LogP contribution in [0, 0.1) is 22.7 Å². The zero-order chi connectivity index (χ0) is 20.6. The summed E-state index contributed by atoms with van der Waals surface area (Å²) in [6.07, 6.45) is 2.33. The molecule has 3 aliphatic rings. The Bertz CT molecular complexity index is 796. The van der Waals surface area contributed by atoms with Crippen LogP contribution in [0.4, 0.5) is 19.0 Å². The van der Waals surface area contributed by atoms with E-state index < -0.39 is 17.2 Å². The number of nitriles is 1. The summed E-state index contributed by atoms with van der Waals surface area (Å²) in [6.45, 7) is 1.93. The van der Waals surface area contributed by atoms with Gasteiger partial charge in [0.1, 0.15) is 5.82 Å². The minimum absolute atomic E-state index is 0.105. The smallest absolute Gasteiger partial charge is 0.356 e. The SMILES string of the molecule is N#CC1CCC(N2CCC3(CCCN(c4ccc(C(F)(F)F)cn4)C3)C2=O)CC1. The number of piperidine rings is 1. The van der Waals surface area contributed by atoms with Gasteiger partial charge in [0.2, 0.25) is 5.91 Å². The van der Waals surface area contributed by atoms with Gasteiger partial charge in [-0.2, -0.15) is 18.4 Å². The Morgan fingerprint density at radius 2 is 1.90 bits per heavy atom. The number of alkyl halides is 3. The molecule has 1 unspecified atom stereocenters. The topological polar surface area (TPSA) is 60.2 Å². The fraction of sp³-hybridized carbons (Fsp3) is 0.667. The zero-order valence-corrected chi connectivity index (χ0v) is 16.3. The number of pyridine rings is 1. The molecule has 1 spiro atoms. The van der Waals surface area contributed by atoms with Crippen LogP contribution in [0.25, 0.3) is 0 Å². The minimum atomic E-state index is -4.40. The molecule has 2 aliphatic heterocycles. The van der Waals surface area contributed by atoms with E-state index in [-0.39, 0.29) is 17.9 Å². The Morgan fingerprint density at radius 1 is 1.14 bits per heavy atom. The molecule has 3 fully saturated rings. The van der Waals surface area contributed by atoms with Crippen LogP contribution >= 0.6 is 0 Å². The van der Waals surface area contributed by atoms with Crippen molar-refractivity contribution in [1.82, 2.24) is 9.88 Å². The summed E-state index contributed by atoms with van der Waals surface area (Å²) in [5.74, 6) is 0.779. The van der Waals surface area contributed by atoms with E-state index in [9.17, 15) is 18.0 Å². The number of hydrogen-bond donors (Lipinski definition) is 0. The molecule has 1 aromatic heterocycles. The second-order valence-electron chi connectivity index (χ2n) is 8.59. The summed E-state index contributed by atoms with van der Waals surface area (Å²) in [5, 5.41) is 9.09. The quantitative estimate of drug-likeness (QED) is 0.745. The average Bonchev–Trinajstić information content (AvgIpc) is 3.03. The van der Waals surface area contributed by atoms with Crippen molar-refractivity contribution in [3.63, 3.8) is 0 Å². The van der Waals surface area contributed by atoms with Crippen LogP contribution in [0.5, 0.6) is 0 Å². The van der Waals surface area contributed by atoms with E-state index in [1.54, 1.807) is 0 Å². The zero-order valence-electron chi connectivity index (χ0n) is 16.3. The first-order valence-corrected chi connectivity index (χ1v) is 10.3. The first kappa shape index (κ1) is 20.0. The third-order valence-corrected chi connectivity index (χ3v) is 6.84. The van der Waals surface area contributed by atoms with Crippen LogP contribution in [-0.4, -0.2) is 41.5 Å². The van der Waals surface area contributed by atoms with Crippen LogP contribution in [0.15, 0.2) is 18.3 Å². The van der Waals surface area contributed by atoms with Crippen LogP contribution in [0.1, 0.15) is 50.5 Å². The first-order chi connectivity index (χ1) is 13.8. The second kappa shape index (κ2) is 7.51. The van der Waals surface area contributed by atoms with Gasteiger partial charge in [-0.05, 0) is 57.1 Å². The van der Waals surface area contributed by atoms with E-state index in [2.05, 4.69) is 11.1 Å². The molecule has 156 valence electrons. The van der Waals surface area contributed by atoms with Crippen LogP contribution < -0.4 is 4.90 Å². The average molecular weight is 406 g/mol. The van der Waals surface area contributed by atoms with Crippen molar-refractivity contribution < 1.29 is 18.0 Å². The molecule has 4 rings (SSSR count). The Hall–Kier alpha value is -2.30. The lowest BCUT2D eigenvalue weighted by molar-refractivity contribution is -0.139. The van der Waals surface area contributed by atoms with Gasteiger partial charge in [-0.1, -0.05) is 0 Å². The van der Waals surface area contributed by atoms with Crippen LogP contribution in [-0.2, 0) is 11.0 Å². The molecule has 29 heavy (non-hydrogen) atoms. The number of amides is 1. The molecule has 0 radical (unpaired) electrons. The number of anilines is 1. The summed E-state index contributed by atoms with van der Waals surface area (Å²) in [6, 6.07) is 5.01. The third kappa shape index (κ3) is 3.79. The highest BCUT2D eigenvalue weighted by Crippen LogP contribution is 2.43. The lowest BCUT2D eigenvalue weighted by Gasteiger charge is -2.41. The molecule has 5 nitrogen and oxygen atoms in total. The molecule has 0 aromatic carbocycles. The third-order valence-electron chi connectivity index (χ3n) is 6.84. The number of hydrogen-bond acceptors (Lipinski definition) is 4. The van der Waals surface area contributed by atoms with Gasteiger partial charge in [-0.15, -0.1) is 0 Å². The Balaban J connectivity index is 1.45. The number of rotatable bonds is 2. The van der Waals surface area contributed by atoms with Gasteiger partial charge in [0.25, 0.3) is 0 Å². The maximum absolute atomic E-state index is 13.4. The maximum atomic E-state index is 13.4. The molecule has 1 atom stereocenters. The molecule has 3 heterocycles. The number of aromatic nitrogens is 1. The highest BCUT2D eigenvalue weighted by molar-refractivity contribution is 5.86. The van der Waals surface area contributed by atoms with Crippen LogP contribution in [0.2, 0.25) is 0 Å². The van der Waals surface area contributed by atoms with Gasteiger partial charge in [-0.25, -0.2) is 4.98 Å². The summed E-state index contributed by atoms with van der Waals surface area (Å²) < 4.78 is 38.4. The van der Waals surface area contributed by atoms with Crippen molar-refractivity contribution in [2.75, 3.05) is 24.5 Å². The minimum Gasteiger partial charge on any atom is -0.356 e. The monoisotopic (exact) mass is 406 g/mol. The fourth-order valence-corrected chi connectivity index (χ4v) is 5.16. The number of carbonyl (C=O) groups excluding carboxylic acids is 1. The van der Waals surface area contributed by atoms with E-state index in [0.29, 0.717) is 18.9 Å². The largest absolute Gasteiger partial charge is 0.417 e. The Labute approximate surface area is 168 Å². The lowest BCUT2D eigenvalue weighted by atomic mass is 9.78. The van der Waals surface area contributed by atoms with E-state index in [4.69, 9.17) is 5.26 Å². The molecule has 1 saturated carbocycles. The number of halogens is 3. The first-order valence-electron chi connectivity index (χ1n) is 10.3. The summed E-state index contributed by atoms with van der Waals surface area (Å²) in [4.78, 5) is 21.4. The second-order valence-corrected chi connectivity index (χ2v) is 8.59. The van der Waals surface area contributed by atoms with Crippen molar-refractivity contribution in [2.24, 2.45) is 11.3 Å². The van der Waals surface area contributed by atoms with Crippen molar-refractivity contribution in [3.8, 4) is 6.07 Å². The molecule has 8 heteroatoms. The highest BCUT2D eigenvalue weighted by Gasteiger charge is 2.50. The van der Waals surface area contributed by atoms with E-state index in [1.165, 1.54) is 6.07 Å². The van der Waals surface area contributed by atoms with Crippen molar-refractivity contribution in [3.05, 3.63) is 23.9 Å². The predicted octanol–water partition coefficient (Wildman–Crippen LogP) is 4.00. The summed E-state index contributed by atoms with van der Waals surface area (Å²) in [5.41, 5.74) is -1.22. The molecule has 0 N–H and O–H groups in total. The van der Waals surface area contributed by atoms with Gasteiger partial charge >= 0.3 is 6.18 Å². The Morgan fingerprint density at radius 3 is 2.52 bits per heavy atom. The van der Waals surface area contributed by atoms with Gasteiger partial charge in [0.05, 0.1) is 17.0 Å². The van der Waals surface area contributed by atoms with Gasteiger partial charge in [0, 0.05) is 37.8 Å². The number of carbonyl (C=O) groups is 1. The number of nitrogens with zero attached hydrogens (tertiary/aromatic N) is 4. The van der Waals surface area contributed by atoms with Gasteiger partial charge < -0.3 is 9.80 Å². The van der Waals surface area contributed by atoms with Crippen molar-refractivity contribution >= 4 is 11.7 Å². The molecular formula is C21H25F3N4O. The van der Waals surface area contributed by atoms with Crippen LogP contribution in [0.3, 0.4) is 0 Å². The number of likely N-dealkylation sites (tertiary alicyclic amines) is 1. The van der Waals surface area contributed by atoms with Crippen molar-refractivity contribution in [1.29, 1.82) is 5.26 Å². The van der Waals surface area contributed by atoms with Gasteiger partial charge in [-0.3, -0.25) is 4.79 Å². The van der Waals surface area contributed by atoms with E-state index in [1.807, 2.05) is 9.80 Å². The predicted molar refractivity (Wildman–Crippen MR) is 101 cm³/mol. The lowest BCUT2D eigenvalue weighted by Crippen LogP contribution is -2.50. The summed E-state index contributed by atoms with van der Waals surface area (Å²) >= 11 is 0.